The largest absolute Gasteiger partial charge is 0.320 e. The molecule has 0 unspecified atom stereocenters. The number of nitrogens with two attached hydrogens (primary N) is 1. The second kappa shape index (κ2) is 5.20. The number of nitrogens with one attached hydrogen (secondary N) is 1. The lowest BCUT2D eigenvalue weighted by molar-refractivity contribution is -0.130. The van der Waals surface area contributed by atoms with Crippen LogP contribution in [0.3, 0.4) is 0 Å². The fraction of sp³-hybridized carbons (Fsp3) is 0.833. The van der Waals surface area contributed by atoms with Crippen LogP contribution >= 0.6 is 0 Å². The molecule has 0 rings (SSSR count). The van der Waals surface area contributed by atoms with Gasteiger partial charge in [-0.05, 0) is 6.42 Å². The first-order chi connectivity index (χ1) is 4.72. The third kappa shape index (κ3) is 3.42. The molecular formula is C6H14N2O2. The van der Waals surface area contributed by atoms with Crippen molar-refractivity contribution in [2.75, 3.05) is 0 Å². The Morgan fingerprint density at radius 3 is 2.80 bits per heavy atom. The summed E-state index contributed by atoms with van der Waals surface area (Å²) < 4.78 is 0. The van der Waals surface area contributed by atoms with Gasteiger partial charge < -0.3 is 5.73 Å². The van der Waals surface area contributed by atoms with Gasteiger partial charge in [0.1, 0.15) is 0 Å². The summed E-state index contributed by atoms with van der Waals surface area (Å²) in [5.74, 6) is -0.506. The average Bonchev–Trinajstić information content (AvgIpc) is 1.98. The van der Waals surface area contributed by atoms with E-state index in [-0.39, 0.29) is 0 Å². The number of hydroxylamine groups is 1. The summed E-state index contributed by atoms with van der Waals surface area (Å²) in [4.78, 5) is 10.5. The molecule has 4 nitrogen and oxygen atoms in total. The molecule has 10 heavy (non-hydrogen) atoms. The van der Waals surface area contributed by atoms with Crippen molar-refractivity contribution in [3.05, 3.63) is 0 Å². The van der Waals surface area contributed by atoms with Crippen molar-refractivity contribution in [2.45, 2.75) is 32.2 Å². The molecule has 0 fully saturated rings. The molecule has 0 aromatic carbocycles. The van der Waals surface area contributed by atoms with Gasteiger partial charge in [0.05, 0.1) is 6.04 Å². The van der Waals surface area contributed by atoms with Crippen molar-refractivity contribution in [3.63, 3.8) is 0 Å². The van der Waals surface area contributed by atoms with E-state index in [1.807, 2.05) is 6.92 Å². The molecule has 1 atom stereocenters. The third-order valence-electron chi connectivity index (χ3n) is 1.32. The zero-order chi connectivity index (χ0) is 7.98. The maximum atomic E-state index is 10.5. The molecule has 4 heteroatoms. The molecule has 0 aromatic rings. The Morgan fingerprint density at radius 2 is 2.40 bits per heavy atom. The Morgan fingerprint density at radius 1 is 1.80 bits per heavy atom. The molecule has 0 aliphatic carbocycles. The number of carbonyl (C=O) groups is 1. The van der Waals surface area contributed by atoms with E-state index in [1.54, 1.807) is 0 Å². The Labute approximate surface area is 60.4 Å². The van der Waals surface area contributed by atoms with Crippen LogP contribution in [-0.4, -0.2) is 17.2 Å². The lowest BCUT2D eigenvalue weighted by Crippen LogP contribution is -2.38. The maximum absolute atomic E-state index is 10.5. The number of unbranched alkanes of at least 4 members (excludes halogenated alkanes) is 1. The van der Waals surface area contributed by atoms with Crippen LogP contribution in [0.2, 0.25) is 0 Å². The summed E-state index contributed by atoms with van der Waals surface area (Å²) in [5.41, 5.74) is 6.85. The quantitative estimate of drug-likeness (QED) is 0.386. The van der Waals surface area contributed by atoms with Crippen LogP contribution in [0.1, 0.15) is 26.2 Å². The molecule has 4 N–H and O–H groups in total. The number of carbonyl (C=O) groups excluding carboxylic acids is 1. The minimum absolute atomic E-state index is 0.506. The van der Waals surface area contributed by atoms with Crippen molar-refractivity contribution in [1.82, 2.24) is 5.48 Å². The molecule has 0 radical (unpaired) electrons. The Kier molecular flexibility index (Phi) is 4.88. The number of hydrogen-bond acceptors (Lipinski definition) is 3. The van der Waals surface area contributed by atoms with Gasteiger partial charge in [0.25, 0.3) is 5.91 Å². The molecule has 0 aromatic heterocycles. The molecule has 0 spiro atoms. The normalized spacial score (nSPS) is 12.7. The molecule has 0 saturated heterocycles. The van der Waals surface area contributed by atoms with Crippen LogP contribution in [0.15, 0.2) is 0 Å². The van der Waals surface area contributed by atoms with E-state index < -0.39 is 11.9 Å². The minimum atomic E-state index is -0.565. The van der Waals surface area contributed by atoms with E-state index in [2.05, 4.69) is 0 Å². The summed E-state index contributed by atoms with van der Waals surface area (Å²) in [6.07, 6.45) is 2.55. The highest BCUT2D eigenvalue weighted by molar-refractivity contribution is 5.80. The Hall–Kier alpha value is -0.610. The number of rotatable bonds is 4. The van der Waals surface area contributed by atoms with Crippen LogP contribution in [0, 0.1) is 0 Å². The van der Waals surface area contributed by atoms with Gasteiger partial charge in [-0.15, -0.1) is 0 Å². The predicted octanol–water partition coefficient (Wildman–Crippen LogP) is 0.00930. The second-order valence-electron chi connectivity index (χ2n) is 2.22. The minimum Gasteiger partial charge on any atom is -0.320 e. The topological polar surface area (TPSA) is 75.4 Å². The smallest absolute Gasteiger partial charge is 0.260 e. The van der Waals surface area contributed by atoms with E-state index >= 15 is 0 Å². The van der Waals surface area contributed by atoms with Crippen LogP contribution in [0.4, 0.5) is 0 Å². The van der Waals surface area contributed by atoms with Crippen molar-refractivity contribution in [3.8, 4) is 0 Å². The highest BCUT2D eigenvalue weighted by Crippen LogP contribution is 1.97. The van der Waals surface area contributed by atoms with E-state index in [9.17, 15) is 4.79 Å². The summed E-state index contributed by atoms with van der Waals surface area (Å²) in [5, 5.41) is 8.12. The molecule has 0 aliphatic heterocycles. The highest BCUT2D eigenvalue weighted by Gasteiger charge is 2.10. The van der Waals surface area contributed by atoms with Crippen molar-refractivity contribution in [1.29, 1.82) is 0 Å². The van der Waals surface area contributed by atoms with Gasteiger partial charge in [0.15, 0.2) is 0 Å². The number of hydrogen-bond donors (Lipinski definition) is 3. The molecule has 1 amide bonds. The van der Waals surface area contributed by atoms with E-state index in [1.165, 1.54) is 5.48 Å². The van der Waals surface area contributed by atoms with Crippen LogP contribution in [0.25, 0.3) is 0 Å². The van der Waals surface area contributed by atoms with Gasteiger partial charge >= 0.3 is 0 Å². The first-order valence-corrected chi connectivity index (χ1v) is 3.42. The SMILES string of the molecule is CCCC[C@H](N)C(=O)NO. The Balaban J connectivity index is 3.41. The zero-order valence-corrected chi connectivity index (χ0v) is 6.13. The lowest BCUT2D eigenvalue weighted by Gasteiger charge is -2.06. The molecular weight excluding hydrogens is 132 g/mol. The summed E-state index contributed by atoms with van der Waals surface area (Å²) in [6, 6.07) is -0.565. The van der Waals surface area contributed by atoms with Gasteiger partial charge in [-0.25, -0.2) is 5.48 Å². The molecule has 0 heterocycles. The van der Waals surface area contributed by atoms with Crippen LogP contribution in [-0.2, 0) is 4.79 Å². The summed E-state index contributed by atoms with van der Waals surface area (Å²) >= 11 is 0. The summed E-state index contributed by atoms with van der Waals surface area (Å²) in [7, 11) is 0. The fourth-order valence-corrected chi connectivity index (χ4v) is 0.638. The van der Waals surface area contributed by atoms with Gasteiger partial charge in [0.2, 0.25) is 0 Å². The van der Waals surface area contributed by atoms with E-state index in [4.69, 9.17) is 10.9 Å². The molecule has 0 bridgehead atoms. The molecule has 0 aliphatic rings. The predicted molar refractivity (Wildman–Crippen MR) is 37.4 cm³/mol. The van der Waals surface area contributed by atoms with E-state index in [0.717, 1.165) is 12.8 Å². The monoisotopic (exact) mass is 146 g/mol. The molecule has 0 saturated carbocycles. The number of amides is 1. The van der Waals surface area contributed by atoms with Crippen molar-refractivity contribution < 1.29 is 10.0 Å². The standard InChI is InChI=1S/C6H14N2O2/c1-2-3-4-5(7)6(9)8-10/h5,10H,2-4,7H2,1H3,(H,8,9)/t5-/m0/s1. The first-order valence-electron chi connectivity index (χ1n) is 3.42. The molecule has 60 valence electrons. The van der Waals surface area contributed by atoms with Crippen LogP contribution < -0.4 is 11.2 Å². The fourth-order valence-electron chi connectivity index (χ4n) is 0.638. The van der Waals surface area contributed by atoms with E-state index in [0.29, 0.717) is 6.42 Å². The third-order valence-corrected chi connectivity index (χ3v) is 1.32. The van der Waals surface area contributed by atoms with Crippen molar-refractivity contribution >= 4 is 5.91 Å². The zero-order valence-electron chi connectivity index (χ0n) is 6.13. The van der Waals surface area contributed by atoms with Crippen molar-refractivity contribution in [2.24, 2.45) is 5.73 Å². The second-order valence-corrected chi connectivity index (χ2v) is 2.22. The van der Waals surface area contributed by atoms with Gasteiger partial charge in [-0.1, -0.05) is 19.8 Å². The summed E-state index contributed by atoms with van der Waals surface area (Å²) in [6.45, 7) is 2.02. The van der Waals surface area contributed by atoms with Gasteiger partial charge in [0, 0.05) is 0 Å². The average molecular weight is 146 g/mol. The maximum Gasteiger partial charge on any atom is 0.260 e. The Bertz CT molecular complexity index is 106. The lowest BCUT2D eigenvalue weighted by atomic mass is 10.1. The first kappa shape index (κ1) is 9.39. The van der Waals surface area contributed by atoms with Crippen LogP contribution in [0.5, 0.6) is 0 Å². The van der Waals surface area contributed by atoms with Gasteiger partial charge in [-0.3, -0.25) is 10.0 Å². The highest BCUT2D eigenvalue weighted by atomic mass is 16.5. The van der Waals surface area contributed by atoms with Gasteiger partial charge in [-0.2, -0.15) is 0 Å².